The molecule has 2 aliphatic rings. The highest BCUT2D eigenvalue weighted by atomic mass is 32.2. The van der Waals surface area contributed by atoms with E-state index in [1.807, 2.05) is 38.5 Å². The van der Waals surface area contributed by atoms with Gasteiger partial charge < -0.3 is 4.90 Å². The zero-order valence-electron chi connectivity index (χ0n) is 13.8. The lowest BCUT2D eigenvalue weighted by Crippen LogP contribution is -2.29. The Hall–Kier alpha value is -1.37. The Labute approximate surface area is 139 Å². The van der Waals surface area contributed by atoms with E-state index < -0.39 is 10.0 Å². The number of hydrogen-bond acceptors (Lipinski definition) is 3. The van der Waals surface area contributed by atoms with Crippen LogP contribution >= 0.6 is 0 Å². The second kappa shape index (κ2) is 6.63. The molecular formula is C17H24N3O2S. The molecule has 2 aliphatic heterocycles. The Morgan fingerprint density at radius 1 is 1.22 bits per heavy atom. The van der Waals surface area contributed by atoms with Gasteiger partial charge in [0.2, 0.25) is 10.0 Å². The first-order valence-corrected chi connectivity index (χ1v) is 9.72. The third-order valence-electron chi connectivity index (χ3n) is 4.40. The van der Waals surface area contributed by atoms with Crippen LogP contribution in [0, 0.1) is 0 Å². The second-order valence-corrected chi connectivity index (χ2v) is 8.52. The average molecular weight is 334 g/mol. The first kappa shape index (κ1) is 16.5. The molecule has 0 unspecified atom stereocenters. The summed E-state index contributed by atoms with van der Waals surface area (Å²) in [7, 11) is 0.898. The summed E-state index contributed by atoms with van der Waals surface area (Å²) in [5.41, 5.74) is 4.07. The lowest BCUT2D eigenvalue weighted by atomic mass is 10.0. The average Bonchev–Trinajstić information content (AvgIpc) is 3.14. The molecule has 5 nitrogen and oxygen atoms in total. The molecule has 125 valence electrons. The molecule has 6 heteroatoms. The van der Waals surface area contributed by atoms with Gasteiger partial charge >= 0.3 is 0 Å². The van der Waals surface area contributed by atoms with Gasteiger partial charge in [0, 0.05) is 31.4 Å². The molecule has 0 N–H and O–H groups in total. The Morgan fingerprint density at radius 2 is 1.96 bits per heavy atom. The van der Waals surface area contributed by atoms with Crippen molar-refractivity contribution in [1.82, 2.24) is 14.5 Å². The van der Waals surface area contributed by atoms with Crippen LogP contribution in [0.15, 0.2) is 24.4 Å². The van der Waals surface area contributed by atoms with Gasteiger partial charge in [-0.05, 0) is 56.6 Å². The molecule has 0 saturated carbocycles. The molecule has 0 bridgehead atoms. The highest BCUT2D eigenvalue weighted by Crippen LogP contribution is 2.33. The SMILES string of the molecule is CN(C)CCC1=C[N]c2ccc(CS(=O)(=O)N3CCCC3)cc21. The summed E-state index contributed by atoms with van der Waals surface area (Å²) in [5, 5.41) is 4.43. The molecule has 1 saturated heterocycles. The normalized spacial score (nSPS) is 18.1. The van der Waals surface area contributed by atoms with Crippen LogP contribution in [0.2, 0.25) is 0 Å². The van der Waals surface area contributed by atoms with E-state index in [9.17, 15) is 8.42 Å². The molecule has 1 aromatic rings. The van der Waals surface area contributed by atoms with Gasteiger partial charge in [-0.1, -0.05) is 6.07 Å². The fourth-order valence-corrected chi connectivity index (χ4v) is 4.67. The van der Waals surface area contributed by atoms with Gasteiger partial charge in [0.1, 0.15) is 0 Å². The summed E-state index contributed by atoms with van der Waals surface area (Å²) in [6.07, 6.45) is 4.78. The maximum atomic E-state index is 12.5. The van der Waals surface area contributed by atoms with E-state index in [-0.39, 0.29) is 5.75 Å². The number of sulfonamides is 1. The molecule has 0 aliphatic carbocycles. The fraction of sp³-hybridized carbons (Fsp3) is 0.529. The van der Waals surface area contributed by atoms with Crippen molar-refractivity contribution in [2.45, 2.75) is 25.0 Å². The largest absolute Gasteiger partial charge is 0.309 e. The van der Waals surface area contributed by atoms with Gasteiger partial charge in [0.15, 0.2) is 0 Å². The minimum Gasteiger partial charge on any atom is -0.309 e. The van der Waals surface area contributed by atoms with Crippen molar-refractivity contribution in [3.8, 4) is 0 Å². The topological polar surface area (TPSA) is 54.7 Å². The van der Waals surface area contributed by atoms with E-state index in [0.29, 0.717) is 13.1 Å². The molecule has 1 radical (unpaired) electrons. The van der Waals surface area contributed by atoms with E-state index in [1.165, 1.54) is 5.57 Å². The predicted molar refractivity (Wildman–Crippen MR) is 92.8 cm³/mol. The summed E-state index contributed by atoms with van der Waals surface area (Å²) < 4.78 is 26.6. The highest BCUT2D eigenvalue weighted by molar-refractivity contribution is 7.88. The summed E-state index contributed by atoms with van der Waals surface area (Å²) in [6.45, 7) is 2.28. The molecule has 0 amide bonds. The zero-order valence-corrected chi connectivity index (χ0v) is 14.6. The van der Waals surface area contributed by atoms with Crippen molar-refractivity contribution in [3.05, 3.63) is 35.5 Å². The first-order chi connectivity index (χ1) is 11.0. The van der Waals surface area contributed by atoms with Crippen molar-refractivity contribution in [3.63, 3.8) is 0 Å². The second-order valence-electron chi connectivity index (χ2n) is 6.55. The summed E-state index contributed by atoms with van der Waals surface area (Å²) in [4.78, 5) is 2.14. The molecular weight excluding hydrogens is 310 g/mol. The number of fused-ring (bicyclic) bond motifs is 1. The van der Waals surface area contributed by atoms with E-state index in [4.69, 9.17) is 0 Å². The minimum absolute atomic E-state index is 0.0846. The van der Waals surface area contributed by atoms with Gasteiger partial charge in [-0.2, -0.15) is 0 Å². The first-order valence-electron chi connectivity index (χ1n) is 8.11. The number of benzene rings is 1. The molecule has 0 spiro atoms. The van der Waals surface area contributed by atoms with Crippen LogP contribution in [-0.4, -0.2) is 51.4 Å². The van der Waals surface area contributed by atoms with Crippen LogP contribution in [0.1, 0.15) is 30.4 Å². The highest BCUT2D eigenvalue weighted by Gasteiger charge is 2.26. The van der Waals surface area contributed by atoms with Crippen LogP contribution in [0.25, 0.3) is 5.57 Å². The number of nitrogens with zero attached hydrogens (tertiary/aromatic N) is 3. The predicted octanol–water partition coefficient (Wildman–Crippen LogP) is 2.15. The number of rotatable bonds is 6. The van der Waals surface area contributed by atoms with Crippen LogP contribution in [0.5, 0.6) is 0 Å². The van der Waals surface area contributed by atoms with E-state index >= 15 is 0 Å². The lowest BCUT2D eigenvalue weighted by Gasteiger charge is -2.16. The van der Waals surface area contributed by atoms with E-state index in [2.05, 4.69) is 10.2 Å². The lowest BCUT2D eigenvalue weighted by molar-refractivity contribution is 0.419. The van der Waals surface area contributed by atoms with Gasteiger partial charge in [-0.3, -0.25) is 5.32 Å². The van der Waals surface area contributed by atoms with Gasteiger partial charge in [-0.15, -0.1) is 0 Å². The zero-order chi connectivity index (χ0) is 16.4. The Balaban J connectivity index is 1.76. The van der Waals surface area contributed by atoms with E-state index in [0.717, 1.165) is 42.6 Å². The van der Waals surface area contributed by atoms with Crippen LogP contribution < -0.4 is 5.32 Å². The van der Waals surface area contributed by atoms with Crippen LogP contribution in [0.3, 0.4) is 0 Å². The van der Waals surface area contributed by atoms with Crippen LogP contribution in [-0.2, 0) is 15.8 Å². The third kappa shape index (κ3) is 3.76. The minimum atomic E-state index is -3.20. The quantitative estimate of drug-likeness (QED) is 0.801. The van der Waals surface area contributed by atoms with Gasteiger partial charge in [-0.25, -0.2) is 12.7 Å². The van der Waals surface area contributed by atoms with Crippen LogP contribution in [0.4, 0.5) is 5.69 Å². The summed E-state index contributed by atoms with van der Waals surface area (Å²) in [5.74, 6) is 0.0846. The molecule has 0 atom stereocenters. The molecule has 3 rings (SSSR count). The fourth-order valence-electron chi connectivity index (χ4n) is 3.07. The summed E-state index contributed by atoms with van der Waals surface area (Å²) >= 11 is 0. The van der Waals surface area contributed by atoms with Crippen molar-refractivity contribution in [1.29, 1.82) is 0 Å². The molecule has 23 heavy (non-hydrogen) atoms. The smallest absolute Gasteiger partial charge is 0.218 e. The van der Waals surface area contributed by atoms with Crippen molar-refractivity contribution < 1.29 is 8.42 Å². The monoisotopic (exact) mass is 334 g/mol. The van der Waals surface area contributed by atoms with Gasteiger partial charge in [0.25, 0.3) is 0 Å². The van der Waals surface area contributed by atoms with Crippen molar-refractivity contribution in [2.75, 3.05) is 33.7 Å². The van der Waals surface area contributed by atoms with Crippen molar-refractivity contribution in [2.24, 2.45) is 0 Å². The van der Waals surface area contributed by atoms with Crippen molar-refractivity contribution >= 4 is 21.3 Å². The third-order valence-corrected chi connectivity index (χ3v) is 6.25. The number of hydrogen-bond donors (Lipinski definition) is 0. The molecule has 2 heterocycles. The summed E-state index contributed by atoms with van der Waals surface area (Å²) in [6, 6.07) is 5.82. The standard InChI is InChI=1S/C17H24N3O2S/c1-19(2)10-7-15-12-18-17-6-5-14(11-16(15)17)13-23(21,22)20-8-3-4-9-20/h5-6,11-12H,3-4,7-10,13H2,1-2H3. The molecule has 1 fully saturated rings. The Morgan fingerprint density at radius 3 is 2.65 bits per heavy atom. The Kier molecular flexibility index (Phi) is 4.75. The Bertz CT molecular complexity index is 705. The maximum absolute atomic E-state index is 12.5. The van der Waals surface area contributed by atoms with Gasteiger partial charge in [0.05, 0.1) is 11.4 Å². The molecule has 0 aromatic heterocycles. The maximum Gasteiger partial charge on any atom is 0.218 e. The van der Waals surface area contributed by atoms with E-state index in [1.54, 1.807) is 4.31 Å². The molecule has 1 aromatic carbocycles.